The molecule has 2 atom stereocenters. The topological polar surface area (TPSA) is 20.2 Å². The lowest BCUT2D eigenvalue weighted by atomic mass is 9.81. The first-order valence-corrected chi connectivity index (χ1v) is 8.22. The summed E-state index contributed by atoms with van der Waals surface area (Å²) in [5.74, 6) is 0.759. The highest BCUT2D eigenvalue weighted by Gasteiger charge is 2.24. The van der Waals surface area contributed by atoms with Gasteiger partial charge in [-0.3, -0.25) is 0 Å². The highest BCUT2D eigenvalue weighted by atomic mass is 32.2. The summed E-state index contributed by atoms with van der Waals surface area (Å²) in [5.41, 5.74) is 0. The lowest BCUT2D eigenvalue weighted by Crippen LogP contribution is -2.28. The van der Waals surface area contributed by atoms with Gasteiger partial charge in [-0.25, -0.2) is 0 Å². The van der Waals surface area contributed by atoms with E-state index in [2.05, 4.69) is 42.7 Å². The van der Waals surface area contributed by atoms with Crippen molar-refractivity contribution in [2.24, 2.45) is 11.8 Å². The van der Waals surface area contributed by atoms with Gasteiger partial charge < -0.3 is 5.11 Å². The molecule has 104 valence electrons. The van der Waals surface area contributed by atoms with E-state index in [0.717, 1.165) is 0 Å². The van der Waals surface area contributed by atoms with Gasteiger partial charge in [0.15, 0.2) is 0 Å². The van der Waals surface area contributed by atoms with Crippen LogP contribution in [0.5, 0.6) is 0 Å². The second-order valence-corrected chi connectivity index (χ2v) is 6.49. The van der Waals surface area contributed by atoms with E-state index in [0.29, 0.717) is 5.92 Å². The maximum absolute atomic E-state index is 10.4. The number of hydrogen-bond acceptors (Lipinski definition) is 2. The number of benzene rings is 1. The van der Waals surface area contributed by atoms with Crippen LogP contribution in [0.2, 0.25) is 0 Å². The Morgan fingerprint density at radius 2 is 1.84 bits per heavy atom. The van der Waals surface area contributed by atoms with Crippen molar-refractivity contribution >= 4 is 11.8 Å². The van der Waals surface area contributed by atoms with Gasteiger partial charge in [-0.15, -0.1) is 0 Å². The number of aliphatic hydroxyl groups excluding tert-OH is 1. The standard InChI is InChI=1S/C17H24OS/c1-14(17(18)15-8-4-2-5-9-15)12-13-19-16-10-6-3-7-11-16/h3,6-7,10-15,17-18H,2,4-5,8-9H2,1H3/b13-12+/t14-,17-/m1/s1. The van der Waals surface area contributed by atoms with Crippen molar-refractivity contribution in [1.82, 2.24) is 0 Å². The third kappa shape index (κ3) is 4.70. The molecule has 1 nitrogen and oxygen atoms in total. The molecule has 0 bridgehead atoms. The Hall–Kier alpha value is -0.730. The predicted octanol–water partition coefficient (Wildman–Crippen LogP) is 4.87. The first-order valence-electron chi connectivity index (χ1n) is 7.34. The quantitative estimate of drug-likeness (QED) is 0.774. The van der Waals surface area contributed by atoms with Crippen molar-refractivity contribution in [2.75, 3.05) is 0 Å². The summed E-state index contributed by atoms with van der Waals surface area (Å²) >= 11 is 1.72. The van der Waals surface area contributed by atoms with Crippen LogP contribution in [0.15, 0.2) is 46.7 Å². The summed E-state index contributed by atoms with van der Waals surface area (Å²) < 4.78 is 0. The molecule has 0 aromatic heterocycles. The molecule has 1 aliphatic carbocycles. The maximum atomic E-state index is 10.4. The fourth-order valence-electron chi connectivity index (χ4n) is 2.76. The van der Waals surface area contributed by atoms with Gasteiger partial charge in [-0.2, -0.15) is 0 Å². The average Bonchev–Trinajstić information content (AvgIpc) is 2.48. The van der Waals surface area contributed by atoms with Crippen molar-refractivity contribution < 1.29 is 5.11 Å². The lowest BCUT2D eigenvalue weighted by molar-refractivity contribution is 0.0557. The highest BCUT2D eigenvalue weighted by molar-refractivity contribution is 8.02. The minimum absolute atomic E-state index is 0.173. The van der Waals surface area contributed by atoms with Gasteiger partial charge >= 0.3 is 0 Å². The van der Waals surface area contributed by atoms with Crippen molar-refractivity contribution in [3.8, 4) is 0 Å². The van der Waals surface area contributed by atoms with E-state index in [4.69, 9.17) is 0 Å². The summed E-state index contributed by atoms with van der Waals surface area (Å²) in [6.07, 6.45) is 8.30. The molecule has 1 aliphatic rings. The minimum Gasteiger partial charge on any atom is -0.392 e. The maximum Gasteiger partial charge on any atom is 0.0628 e. The third-order valence-corrected chi connectivity index (χ3v) is 4.84. The van der Waals surface area contributed by atoms with Crippen LogP contribution in [0.25, 0.3) is 0 Å². The number of rotatable bonds is 5. The second-order valence-electron chi connectivity index (χ2n) is 5.51. The Kier molecular flexibility index (Phi) is 5.99. The molecule has 1 aromatic rings. The molecule has 0 unspecified atom stereocenters. The van der Waals surface area contributed by atoms with Crippen LogP contribution in [0.3, 0.4) is 0 Å². The summed E-state index contributed by atoms with van der Waals surface area (Å²) in [5, 5.41) is 12.5. The molecule has 1 fully saturated rings. The smallest absolute Gasteiger partial charge is 0.0628 e. The van der Waals surface area contributed by atoms with Crippen LogP contribution in [0.1, 0.15) is 39.0 Å². The Bertz CT molecular complexity index is 382. The second kappa shape index (κ2) is 7.76. The summed E-state index contributed by atoms with van der Waals surface area (Å²) in [6.45, 7) is 2.13. The molecule has 0 radical (unpaired) electrons. The normalized spacial score (nSPS) is 20.5. The van der Waals surface area contributed by atoms with Crippen LogP contribution < -0.4 is 0 Å². The van der Waals surface area contributed by atoms with Crippen LogP contribution in [0, 0.1) is 11.8 Å². The highest BCUT2D eigenvalue weighted by Crippen LogP contribution is 2.30. The lowest BCUT2D eigenvalue weighted by Gasteiger charge is -2.29. The van der Waals surface area contributed by atoms with Crippen molar-refractivity contribution in [1.29, 1.82) is 0 Å². The predicted molar refractivity (Wildman–Crippen MR) is 83.2 cm³/mol. The fraction of sp³-hybridized carbons (Fsp3) is 0.529. The molecule has 0 amide bonds. The molecule has 2 rings (SSSR count). The Labute approximate surface area is 121 Å². The zero-order valence-corrected chi connectivity index (χ0v) is 12.5. The number of hydrogen-bond donors (Lipinski definition) is 1. The first kappa shape index (κ1) is 14.7. The monoisotopic (exact) mass is 276 g/mol. The third-order valence-electron chi connectivity index (χ3n) is 4.00. The van der Waals surface area contributed by atoms with E-state index in [1.54, 1.807) is 11.8 Å². The largest absolute Gasteiger partial charge is 0.392 e. The van der Waals surface area contributed by atoms with E-state index < -0.39 is 0 Å². The average molecular weight is 276 g/mol. The van der Waals surface area contributed by atoms with Crippen molar-refractivity contribution in [3.05, 3.63) is 41.8 Å². The number of thioether (sulfide) groups is 1. The van der Waals surface area contributed by atoms with Gasteiger partial charge in [0.2, 0.25) is 0 Å². The SMILES string of the molecule is C[C@H](/C=C/Sc1ccccc1)[C@@H](O)C1CCCCC1. The van der Waals surface area contributed by atoms with Gasteiger partial charge in [-0.05, 0) is 36.3 Å². The van der Waals surface area contributed by atoms with Crippen LogP contribution in [-0.4, -0.2) is 11.2 Å². The van der Waals surface area contributed by atoms with Crippen LogP contribution in [-0.2, 0) is 0 Å². The molecule has 1 aromatic carbocycles. The molecule has 0 heterocycles. The number of aliphatic hydroxyl groups is 1. The molecular weight excluding hydrogens is 252 g/mol. The zero-order valence-electron chi connectivity index (χ0n) is 11.7. The van der Waals surface area contributed by atoms with Gasteiger partial charge in [-0.1, -0.05) is 62.2 Å². The zero-order chi connectivity index (χ0) is 13.5. The summed E-state index contributed by atoms with van der Waals surface area (Å²) in [7, 11) is 0. The van der Waals surface area contributed by atoms with E-state index in [1.165, 1.54) is 37.0 Å². The van der Waals surface area contributed by atoms with E-state index >= 15 is 0 Å². The molecule has 1 N–H and O–H groups in total. The fourth-order valence-corrected chi connectivity index (χ4v) is 3.56. The van der Waals surface area contributed by atoms with Crippen LogP contribution in [0.4, 0.5) is 0 Å². The molecule has 0 aliphatic heterocycles. The molecule has 19 heavy (non-hydrogen) atoms. The van der Waals surface area contributed by atoms with Gasteiger partial charge in [0, 0.05) is 10.8 Å². The van der Waals surface area contributed by atoms with E-state index in [9.17, 15) is 5.11 Å². The molecular formula is C17H24OS. The van der Waals surface area contributed by atoms with Crippen LogP contribution >= 0.6 is 11.8 Å². The summed E-state index contributed by atoms with van der Waals surface area (Å²) in [6, 6.07) is 10.4. The van der Waals surface area contributed by atoms with Gasteiger partial charge in [0.1, 0.15) is 0 Å². The van der Waals surface area contributed by atoms with E-state index in [1.807, 2.05) is 6.07 Å². The van der Waals surface area contributed by atoms with Gasteiger partial charge in [0.25, 0.3) is 0 Å². The van der Waals surface area contributed by atoms with Gasteiger partial charge in [0.05, 0.1) is 6.10 Å². The molecule has 2 heteroatoms. The Balaban J connectivity index is 1.80. The van der Waals surface area contributed by atoms with Crippen molar-refractivity contribution in [2.45, 2.75) is 50.0 Å². The Morgan fingerprint density at radius 1 is 1.16 bits per heavy atom. The molecule has 1 saturated carbocycles. The Morgan fingerprint density at radius 3 is 2.53 bits per heavy atom. The summed E-state index contributed by atoms with van der Waals surface area (Å²) in [4.78, 5) is 1.25. The first-order chi connectivity index (χ1) is 9.27. The molecule has 0 saturated heterocycles. The van der Waals surface area contributed by atoms with Crippen molar-refractivity contribution in [3.63, 3.8) is 0 Å². The molecule has 0 spiro atoms. The minimum atomic E-state index is -0.173. The van der Waals surface area contributed by atoms with E-state index in [-0.39, 0.29) is 12.0 Å².